The van der Waals surface area contributed by atoms with Gasteiger partial charge in [0.1, 0.15) is 17.0 Å². The molecular weight excluding hydrogens is 332 g/mol. The summed E-state index contributed by atoms with van der Waals surface area (Å²) < 4.78 is 6.30. The molecule has 1 amide bonds. The molecule has 0 atom stereocenters. The highest BCUT2D eigenvalue weighted by Gasteiger charge is 2.12. The summed E-state index contributed by atoms with van der Waals surface area (Å²) in [5.74, 6) is 0.772. The fraction of sp³-hybridized carbons (Fsp3) is 0.250. The molecule has 1 heterocycles. The molecular formula is C16H17BrN2O2. The van der Waals surface area contributed by atoms with E-state index in [0.29, 0.717) is 23.3 Å². The van der Waals surface area contributed by atoms with Gasteiger partial charge in [-0.15, -0.1) is 0 Å². The number of ether oxygens (including phenoxy) is 1. The fourth-order valence-corrected chi connectivity index (χ4v) is 2.23. The molecule has 0 aliphatic rings. The van der Waals surface area contributed by atoms with Crippen LogP contribution in [0.1, 0.15) is 15.9 Å². The first-order chi connectivity index (χ1) is 10.1. The van der Waals surface area contributed by atoms with Crippen LogP contribution in [-0.2, 0) is 0 Å². The molecule has 0 saturated carbocycles. The maximum atomic E-state index is 12.2. The lowest BCUT2D eigenvalue weighted by atomic mass is 10.2. The van der Waals surface area contributed by atoms with Crippen molar-refractivity contribution >= 4 is 21.8 Å². The molecule has 0 aliphatic heterocycles. The number of halogens is 1. The van der Waals surface area contributed by atoms with E-state index in [2.05, 4.69) is 20.9 Å². The van der Waals surface area contributed by atoms with Crippen molar-refractivity contribution < 1.29 is 9.53 Å². The zero-order valence-electron chi connectivity index (χ0n) is 12.0. The van der Waals surface area contributed by atoms with E-state index < -0.39 is 0 Å². The molecule has 1 aromatic heterocycles. The molecule has 0 spiro atoms. The molecule has 2 rings (SSSR count). The topological polar surface area (TPSA) is 42.4 Å². The molecule has 2 aromatic rings. The van der Waals surface area contributed by atoms with Gasteiger partial charge >= 0.3 is 0 Å². The molecule has 4 nitrogen and oxygen atoms in total. The highest BCUT2D eigenvalue weighted by atomic mass is 79.9. The van der Waals surface area contributed by atoms with Crippen LogP contribution in [0.2, 0.25) is 0 Å². The number of hydrogen-bond acceptors (Lipinski definition) is 3. The Bertz CT molecular complexity index is 631. The second kappa shape index (κ2) is 7.22. The average Bonchev–Trinajstić information content (AvgIpc) is 2.46. The van der Waals surface area contributed by atoms with Crippen LogP contribution in [0.25, 0.3) is 0 Å². The summed E-state index contributed by atoms with van der Waals surface area (Å²) in [4.78, 5) is 17.9. The quantitative estimate of drug-likeness (QED) is 0.778. The van der Waals surface area contributed by atoms with Gasteiger partial charge < -0.3 is 9.64 Å². The van der Waals surface area contributed by atoms with Crippen LogP contribution in [0.4, 0.5) is 0 Å². The molecule has 0 radical (unpaired) electrons. The highest BCUT2D eigenvalue weighted by molar-refractivity contribution is 9.10. The number of pyridine rings is 1. The number of aryl methyl sites for hydroxylation is 1. The highest BCUT2D eigenvalue weighted by Crippen LogP contribution is 2.13. The Morgan fingerprint density at radius 2 is 2.14 bits per heavy atom. The summed E-state index contributed by atoms with van der Waals surface area (Å²) in [6, 6.07) is 11.3. The second-order valence-electron chi connectivity index (χ2n) is 4.76. The van der Waals surface area contributed by atoms with Gasteiger partial charge in [-0.25, -0.2) is 4.98 Å². The van der Waals surface area contributed by atoms with Gasteiger partial charge in [-0.2, -0.15) is 0 Å². The van der Waals surface area contributed by atoms with Crippen LogP contribution >= 0.6 is 15.9 Å². The average molecular weight is 349 g/mol. The van der Waals surface area contributed by atoms with Crippen molar-refractivity contribution in [3.05, 3.63) is 58.3 Å². The monoisotopic (exact) mass is 348 g/mol. The SMILES string of the molecule is Cc1cccc(OCCN(C)C(=O)c2ccnc(Br)c2)c1. The van der Waals surface area contributed by atoms with Gasteiger partial charge in [-0.1, -0.05) is 12.1 Å². The van der Waals surface area contributed by atoms with E-state index in [1.165, 1.54) is 0 Å². The van der Waals surface area contributed by atoms with Gasteiger partial charge in [0.25, 0.3) is 5.91 Å². The predicted octanol–water partition coefficient (Wildman–Crippen LogP) is 3.30. The lowest BCUT2D eigenvalue weighted by Gasteiger charge is -2.17. The van der Waals surface area contributed by atoms with Gasteiger partial charge in [0.15, 0.2) is 0 Å². The third kappa shape index (κ3) is 4.56. The summed E-state index contributed by atoms with van der Waals surface area (Å²) in [5, 5.41) is 0. The Morgan fingerprint density at radius 3 is 2.86 bits per heavy atom. The number of amides is 1. The van der Waals surface area contributed by atoms with E-state index in [0.717, 1.165) is 11.3 Å². The number of nitrogens with zero attached hydrogens (tertiary/aromatic N) is 2. The Kier molecular flexibility index (Phi) is 5.33. The Hall–Kier alpha value is -1.88. The summed E-state index contributed by atoms with van der Waals surface area (Å²) in [6.07, 6.45) is 1.61. The summed E-state index contributed by atoms with van der Waals surface area (Å²) in [5.41, 5.74) is 1.76. The van der Waals surface area contributed by atoms with Crippen LogP contribution in [0.15, 0.2) is 47.2 Å². The number of likely N-dealkylation sites (N-methyl/N-ethyl adjacent to an activating group) is 1. The Morgan fingerprint density at radius 1 is 1.33 bits per heavy atom. The van der Waals surface area contributed by atoms with Crippen molar-refractivity contribution in [2.24, 2.45) is 0 Å². The molecule has 0 saturated heterocycles. The van der Waals surface area contributed by atoms with Gasteiger partial charge in [0, 0.05) is 18.8 Å². The summed E-state index contributed by atoms with van der Waals surface area (Å²) in [7, 11) is 1.76. The number of aromatic nitrogens is 1. The number of benzene rings is 1. The van der Waals surface area contributed by atoms with E-state index in [4.69, 9.17) is 4.74 Å². The van der Waals surface area contributed by atoms with E-state index in [-0.39, 0.29) is 5.91 Å². The number of rotatable bonds is 5. The van der Waals surface area contributed by atoms with Crippen LogP contribution in [-0.4, -0.2) is 36.0 Å². The van der Waals surface area contributed by atoms with Crippen LogP contribution in [0, 0.1) is 6.92 Å². The smallest absolute Gasteiger partial charge is 0.253 e. The summed E-state index contributed by atoms with van der Waals surface area (Å²) >= 11 is 3.26. The van der Waals surface area contributed by atoms with E-state index in [1.807, 2.05) is 31.2 Å². The first-order valence-electron chi connectivity index (χ1n) is 6.63. The molecule has 1 aromatic carbocycles. The van der Waals surface area contributed by atoms with E-state index >= 15 is 0 Å². The summed E-state index contributed by atoms with van der Waals surface area (Å²) in [6.45, 7) is 2.99. The van der Waals surface area contributed by atoms with Crippen molar-refractivity contribution in [2.75, 3.05) is 20.2 Å². The largest absolute Gasteiger partial charge is 0.492 e. The molecule has 0 N–H and O–H groups in total. The van der Waals surface area contributed by atoms with Gasteiger partial charge in [-0.3, -0.25) is 4.79 Å². The Balaban J connectivity index is 1.87. The lowest BCUT2D eigenvalue weighted by Crippen LogP contribution is -2.30. The predicted molar refractivity (Wildman–Crippen MR) is 85.6 cm³/mol. The number of hydrogen-bond donors (Lipinski definition) is 0. The fourth-order valence-electron chi connectivity index (χ4n) is 1.86. The number of carbonyl (C=O) groups excluding carboxylic acids is 1. The molecule has 0 bridgehead atoms. The van der Waals surface area contributed by atoms with Gasteiger partial charge in [0.2, 0.25) is 0 Å². The van der Waals surface area contributed by atoms with Crippen LogP contribution in [0.5, 0.6) is 5.75 Å². The lowest BCUT2D eigenvalue weighted by molar-refractivity contribution is 0.0773. The third-order valence-electron chi connectivity index (χ3n) is 3.01. The first kappa shape index (κ1) is 15.5. The van der Waals surface area contributed by atoms with E-state index in [9.17, 15) is 4.79 Å². The zero-order valence-corrected chi connectivity index (χ0v) is 13.6. The standard InChI is InChI=1S/C16H17BrN2O2/c1-12-4-3-5-14(10-12)21-9-8-19(2)16(20)13-6-7-18-15(17)11-13/h3-7,10-11H,8-9H2,1-2H3. The molecule has 5 heteroatoms. The Labute approximate surface area is 132 Å². The second-order valence-corrected chi connectivity index (χ2v) is 5.57. The maximum Gasteiger partial charge on any atom is 0.253 e. The minimum absolute atomic E-state index is 0.0501. The first-order valence-corrected chi connectivity index (χ1v) is 7.42. The molecule has 0 unspecified atom stereocenters. The van der Waals surface area contributed by atoms with E-state index in [1.54, 1.807) is 30.3 Å². The van der Waals surface area contributed by atoms with Crippen molar-refractivity contribution in [3.8, 4) is 5.75 Å². The molecule has 0 fully saturated rings. The minimum atomic E-state index is -0.0501. The normalized spacial score (nSPS) is 10.2. The van der Waals surface area contributed by atoms with Crippen molar-refractivity contribution in [1.82, 2.24) is 9.88 Å². The maximum absolute atomic E-state index is 12.2. The van der Waals surface area contributed by atoms with Crippen LogP contribution < -0.4 is 4.74 Å². The van der Waals surface area contributed by atoms with Crippen LogP contribution in [0.3, 0.4) is 0 Å². The number of carbonyl (C=O) groups is 1. The van der Waals surface area contributed by atoms with Gasteiger partial charge in [-0.05, 0) is 52.7 Å². The third-order valence-corrected chi connectivity index (χ3v) is 3.44. The van der Waals surface area contributed by atoms with Crippen molar-refractivity contribution in [1.29, 1.82) is 0 Å². The van der Waals surface area contributed by atoms with Gasteiger partial charge in [0.05, 0.1) is 6.54 Å². The molecule has 0 aliphatic carbocycles. The van der Waals surface area contributed by atoms with Crippen molar-refractivity contribution in [2.45, 2.75) is 6.92 Å². The molecule has 110 valence electrons. The molecule has 21 heavy (non-hydrogen) atoms. The zero-order chi connectivity index (χ0) is 15.2. The minimum Gasteiger partial charge on any atom is -0.492 e. The van der Waals surface area contributed by atoms with Crippen molar-refractivity contribution in [3.63, 3.8) is 0 Å².